The van der Waals surface area contributed by atoms with Gasteiger partial charge in [0.15, 0.2) is 0 Å². The molecule has 148 valence electrons. The Bertz CT molecular complexity index is 1130. The van der Waals surface area contributed by atoms with E-state index in [2.05, 4.69) is 79.0 Å². The molecule has 30 heavy (non-hydrogen) atoms. The Morgan fingerprint density at radius 1 is 0.633 bits per heavy atom. The number of hydrogen-bond donors (Lipinski definition) is 0. The minimum atomic E-state index is 0.503. The highest BCUT2D eigenvalue weighted by Gasteiger charge is 2.40. The first-order valence-corrected chi connectivity index (χ1v) is 11.8. The molecular formula is C30H28. The number of allylic oxidation sites excluding steroid dienone is 20. The van der Waals surface area contributed by atoms with Crippen molar-refractivity contribution >= 4 is 0 Å². The highest BCUT2D eigenvalue weighted by Crippen LogP contribution is 2.54. The van der Waals surface area contributed by atoms with Gasteiger partial charge in [-0.25, -0.2) is 0 Å². The molecular weight excluding hydrogens is 360 g/mol. The topological polar surface area (TPSA) is 0 Å². The Balaban J connectivity index is 1.38. The second kappa shape index (κ2) is 6.45. The molecule has 0 heterocycles. The average Bonchev–Trinajstić information content (AvgIpc) is 2.81. The first-order chi connectivity index (χ1) is 14.8. The third-order valence-electron chi connectivity index (χ3n) is 8.44. The fourth-order valence-corrected chi connectivity index (χ4v) is 6.96. The van der Waals surface area contributed by atoms with Crippen LogP contribution in [0.25, 0.3) is 0 Å². The molecule has 0 spiro atoms. The first-order valence-electron chi connectivity index (χ1n) is 11.8. The van der Waals surface area contributed by atoms with E-state index < -0.39 is 0 Å². The van der Waals surface area contributed by atoms with E-state index in [1.54, 1.807) is 33.4 Å². The second-order valence-corrected chi connectivity index (χ2v) is 9.99. The number of hydrogen-bond acceptors (Lipinski definition) is 0. The normalized spacial score (nSPS) is 37.3. The van der Waals surface area contributed by atoms with E-state index in [-0.39, 0.29) is 0 Å². The van der Waals surface area contributed by atoms with Crippen LogP contribution in [0.2, 0.25) is 0 Å². The standard InChI is InChI=1S/C30H28/c1-2-8-20-14-24-18-30-28(17-23(24)13-19(20)7-1)26-12-6-5-11-25(26)27-15-21-9-3-4-10-22(21)16-29(27)30/h1,3-7,9-13,15,17,20,22,24-26H,2,8,14,16,18H2. The van der Waals surface area contributed by atoms with Crippen LogP contribution in [0.3, 0.4) is 0 Å². The molecule has 5 unspecified atom stereocenters. The summed E-state index contributed by atoms with van der Waals surface area (Å²) in [6, 6.07) is 0. The molecule has 0 saturated heterocycles. The summed E-state index contributed by atoms with van der Waals surface area (Å²) in [7, 11) is 0. The van der Waals surface area contributed by atoms with Crippen molar-refractivity contribution in [3.8, 4) is 0 Å². The Labute approximate surface area is 179 Å². The van der Waals surface area contributed by atoms with Gasteiger partial charge in [-0.2, -0.15) is 0 Å². The van der Waals surface area contributed by atoms with Crippen molar-refractivity contribution in [3.63, 3.8) is 0 Å². The van der Waals surface area contributed by atoms with Crippen LogP contribution in [0.15, 0.2) is 118 Å². The molecule has 0 aromatic carbocycles. The summed E-state index contributed by atoms with van der Waals surface area (Å²) in [6.45, 7) is 0. The molecule has 5 atom stereocenters. The van der Waals surface area contributed by atoms with Gasteiger partial charge in [0.05, 0.1) is 0 Å². The molecule has 0 aromatic rings. The van der Waals surface area contributed by atoms with Crippen molar-refractivity contribution in [2.24, 2.45) is 29.6 Å². The molecule has 0 heteroatoms. The van der Waals surface area contributed by atoms with Crippen LogP contribution in [0.4, 0.5) is 0 Å². The van der Waals surface area contributed by atoms with Crippen LogP contribution in [0, 0.1) is 29.6 Å². The van der Waals surface area contributed by atoms with Gasteiger partial charge in [0.25, 0.3) is 0 Å². The van der Waals surface area contributed by atoms with E-state index >= 15 is 0 Å². The molecule has 7 aliphatic carbocycles. The van der Waals surface area contributed by atoms with E-state index in [9.17, 15) is 0 Å². The summed E-state index contributed by atoms with van der Waals surface area (Å²) in [5.74, 6) is 3.07. The minimum Gasteiger partial charge on any atom is -0.0842 e. The van der Waals surface area contributed by atoms with Gasteiger partial charge in [-0.3, -0.25) is 0 Å². The van der Waals surface area contributed by atoms with Gasteiger partial charge in [-0.1, -0.05) is 79.0 Å². The van der Waals surface area contributed by atoms with Gasteiger partial charge in [0.2, 0.25) is 0 Å². The molecule has 0 aliphatic heterocycles. The summed E-state index contributed by atoms with van der Waals surface area (Å²) >= 11 is 0. The van der Waals surface area contributed by atoms with Crippen molar-refractivity contribution in [3.05, 3.63) is 118 Å². The second-order valence-electron chi connectivity index (χ2n) is 9.99. The zero-order valence-electron chi connectivity index (χ0n) is 17.4. The summed E-state index contributed by atoms with van der Waals surface area (Å²) in [5, 5.41) is 0. The summed E-state index contributed by atoms with van der Waals surface area (Å²) in [5.41, 5.74) is 11.3. The van der Waals surface area contributed by atoms with Gasteiger partial charge >= 0.3 is 0 Å². The van der Waals surface area contributed by atoms with Gasteiger partial charge < -0.3 is 0 Å². The lowest BCUT2D eigenvalue weighted by molar-refractivity contribution is 0.405. The van der Waals surface area contributed by atoms with E-state index in [0.29, 0.717) is 23.7 Å². The highest BCUT2D eigenvalue weighted by molar-refractivity contribution is 5.63. The molecule has 0 saturated carbocycles. The molecule has 0 fully saturated rings. The predicted octanol–water partition coefficient (Wildman–Crippen LogP) is 7.27. The van der Waals surface area contributed by atoms with E-state index in [4.69, 9.17) is 0 Å². The minimum absolute atomic E-state index is 0.503. The summed E-state index contributed by atoms with van der Waals surface area (Å²) < 4.78 is 0. The molecule has 0 nitrogen and oxygen atoms in total. The maximum atomic E-state index is 2.61. The van der Waals surface area contributed by atoms with Crippen molar-refractivity contribution < 1.29 is 0 Å². The monoisotopic (exact) mass is 388 g/mol. The lowest BCUT2D eigenvalue weighted by Crippen LogP contribution is -2.31. The molecule has 0 N–H and O–H groups in total. The smallest absolute Gasteiger partial charge is 0.0128 e. The number of rotatable bonds is 0. The molecule has 0 bridgehead atoms. The molecule has 0 radical (unpaired) electrons. The van der Waals surface area contributed by atoms with E-state index in [1.165, 1.54) is 37.7 Å². The maximum Gasteiger partial charge on any atom is 0.0128 e. The van der Waals surface area contributed by atoms with E-state index in [0.717, 1.165) is 5.92 Å². The van der Waals surface area contributed by atoms with Crippen molar-refractivity contribution in [1.82, 2.24) is 0 Å². The number of fused-ring (bicyclic) bond motifs is 7. The third-order valence-corrected chi connectivity index (χ3v) is 8.44. The van der Waals surface area contributed by atoms with Gasteiger partial charge in [0.1, 0.15) is 0 Å². The summed E-state index contributed by atoms with van der Waals surface area (Å²) in [6.07, 6.45) is 37.5. The largest absolute Gasteiger partial charge is 0.0842 e. The van der Waals surface area contributed by atoms with E-state index in [1.807, 2.05) is 0 Å². The van der Waals surface area contributed by atoms with Crippen molar-refractivity contribution in [2.75, 3.05) is 0 Å². The Hall–Kier alpha value is -2.60. The molecule has 0 amide bonds. The molecule has 0 aromatic heterocycles. The predicted molar refractivity (Wildman–Crippen MR) is 125 cm³/mol. The van der Waals surface area contributed by atoms with Crippen LogP contribution >= 0.6 is 0 Å². The fourth-order valence-electron chi connectivity index (χ4n) is 6.96. The Kier molecular flexibility index (Phi) is 3.68. The first kappa shape index (κ1) is 17.1. The fraction of sp³-hybridized carbons (Fsp3) is 0.333. The third kappa shape index (κ3) is 2.46. The van der Waals surface area contributed by atoms with Crippen LogP contribution in [-0.2, 0) is 0 Å². The summed E-state index contributed by atoms with van der Waals surface area (Å²) in [4.78, 5) is 0. The molecule has 7 aliphatic rings. The van der Waals surface area contributed by atoms with Gasteiger partial charge in [0, 0.05) is 17.8 Å². The quantitative estimate of drug-likeness (QED) is 0.409. The SMILES string of the molecule is C1=CC2=CC3=C(CC2C=C1)C1=C(C=C2C=C4C=CCCC4CC2C1)C1C=CC=CC31. The average molecular weight is 389 g/mol. The Morgan fingerprint density at radius 3 is 2.27 bits per heavy atom. The lowest BCUT2D eigenvalue weighted by Gasteiger charge is -2.44. The Morgan fingerprint density at radius 2 is 1.40 bits per heavy atom. The molecule has 7 rings (SSSR count). The highest BCUT2D eigenvalue weighted by atomic mass is 14.4. The van der Waals surface area contributed by atoms with Crippen molar-refractivity contribution in [1.29, 1.82) is 0 Å². The lowest BCUT2D eigenvalue weighted by atomic mass is 9.60. The van der Waals surface area contributed by atoms with Crippen LogP contribution < -0.4 is 0 Å². The zero-order chi connectivity index (χ0) is 19.7. The zero-order valence-corrected chi connectivity index (χ0v) is 17.4. The van der Waals surface area contributed by atoms with Gasteiger partial charge in [-0.15, -0.1) is 0 Å². The van der Waals surface area contributed by atoms with Crippen LogP contribution in [0.5, 0.6) is 0 Å². The van der Waals surface area contributed by atoms with Crippen LogP contribution in [0.1, 0.15) is 32.1 Å². The van der Waals surface area contributed by atoms with Crippen LogP contribution in [-0.4, -0.2) is 0 Å². The maximum absolute atomic E-state index is 2.61. The van der Waals surface area contributed by atoms with Crippen molar-refractivity contribution in [2.45, 2.75) is 32.1 Å². The van der Waals surface area contributed by atoms with Gasteiger partial charge in [-0.05, 0) is 83.0 Å².